The summed E-state index contributed by atoms with van der Waals surface area (Å²) in [7, 11) is 0. The molecule has 0 unspecified atom stereocenters. The largest absolute Gasteiger partial charge is 0.506 e. The fraction of sp³-hybridized carbons (Fsp3) is 0.391. The fourth-order valence-electron chi connectivity index (χ4n) is 4.20. The van der Waals surface area contributed by atoms with Crippen LogP contribution >= 0.6 is 27.5 Å². The van der Waals surface area contributed by atoms with Gasteiger partial charge in [-0.3, -0.25) is 14.5 Å². The molecule has 7 nitrogen and oxygen atoms in total. The molecule has 2 aromatic carbocycles. The van der Waals surface area contributed by atoms with Crippen molar-refractivity contribution in [2.24, 2.45) is 5.92 Å². The number of hydrogen-bond donors (Lipinski definition) is 2. The minimum atomic E-state index is -0.177. The van der Waals surface area contributed by atoms with Crippen LogP contribution in [-0.4, -0.2) is 72.5 Å². The predicted octanol–water partition coefficient (Wildman–Crippen LogP) is 3.42. The number of likely N-dealkylation sites (tertiary alicyclic amines) is 1. The highest BCUT2D eigenvalue weighted by molar-refractivity contribution is 9.10. The van der Waals surface area contributed by atoms with Gasteiger partial charge in [-0.05, 0) is 49.4 Å². The van der Waals surface area contributed by atoms with Crippen LogP contribution in [0.3, 0.4) is 0 Å². The molecule has 0 aromatic heterocycles. The van der Waals surface area contributed by atoms with Crippen LogP contribution in [0.1, 0.15) is 6.42 Å². The van der Waals surface area contributed by atoms with Crippen LogP contribution in [0.5, 0.6) is 5.75 Å². The smallest absolute Gasteiger partial charge is 0.236 e. The summed E-state index contributed by atoms with van der Waals surface area (Å²) in [6.45, 7) is 4.63. The minimum Gasteiger partial charge on any atom is -0.506 e. The Balaban J connectivity index is 1.23. The summed E-state index contributed by atoms with van der Waals surface area (Å²) in [5, 5.41) is 12.6. The summed E-state index contributed by atoms with van der Waals surface area (Å²) < 4.78 is 1.05. The molecule has 9 heteroatoms. The number of aromatic hydroxyl groups is 1. The van der Waals surface area contributed by atoms with Gasteiger partial charge in [0, 0.05) is 48.6 Å². The van der Waals surface area contributed by atoms with E-state index < -0.39 is 0 Å². The average molecular weight is 522 g/mol. The van der Waals surface area contributed by atoms with E-state index in [1.54, 1.807) is 6.07 Å². The van der Waals surface area contributed by atoms with Crippen molar-refractivity contribution in [3.63, 3.8) is 0 Å². The van der Waals surface area contributed by atoms with E-state index in [0.717, 1.165) is 29.8 Å². The molecule has 4 rings (SSSR count). The van der Waals surface area contributed by atoms with Crippen LogP contribution < -0.4 is 10.2 Å². The Kier molecular flexibility index (Phi) is 7.23. The molecule has 0 radical (unpaired) electrons. The summed E-state index contributed by atoms with van der Waals surface area (Å²) in [5.41, 5.74) is 1.71. The molecule has 2 amide bonds. The number of phenols is 1. The molecular weight excluding hydrogens is 496 g/mol. The van der Waals surface area contributed by atoms with E-state index in [1.165, 1.54) is 12.1 Å². The van der Waals surface area contributed by atoms with Crippen molar-refractivity contribution in [1.29, 1.82) is 0 Å². The van der Waals surface area contributed by atoms with Crippen LogP contribution in [0.15, 0.2) is 46.9 Å². The highest BCUT2D eigenvalue weighted by Gasteiger charge is 2.31. The average Bonchev–Trinajstić information content (AvgIpc) is 3.25. The number of nitrogens with one attached hydrogen (secondary N) is 1. The second kappa shape index (κ2) is 10.1. The third-order valence-electron chi connectivity index (χ3n) is 6.02. The summed E-state index contributed by atoms with van der Waals surface area (Å²) in [6, 6.07) is 12.8. The molecule has 1 atom stereocenters. The molecule has 2 fully saturated rings. The van der Waals surface area contributed by atoms with Gasteiger partial charge in [-0.2, -0.15) is 0 Å². The van der Waals surface area contributed by atoms with Crippen LogP contribution in [0.4, 0.5) is 11.4 Å². The Morgan fingerprint density at radius 1 is 1.09 bits per heavy atom. The van der Waals surface area contributed by atoms with Crippen molar-refractivity contribution in [2.45, 2.75) is 6.42 Å². The molecule has 2 saturated heterocycles. The summed E-state index contributed by atoms with van der Waals surface area (Å²) in [6.07, 6.45) is 0.710. The van der Waals surface area contributed by atoms with Crippen molar-refractivity contribution in [3.05, 3.63) is 52.0 Å². The maximum atomic E-state index is 12.8. The lowest BCUT2D eigenvalue weighted by Crippen LogP contribution is -2.51. The number of amides is 2. The van der Waals surface area contributed by atoms with Crippen LogP contribution in [0.2, 0.25) is 5.02 Å². The summed E-state index contributed by atoms with van der Waals surface area (Å²) >= 11 is 9.42. The molecule has 2 aliphatic heterocycles. The minimum absolute atomic E-state index is 0.0207. The van der Waals surface area contributed by atoms with Crippen molar-refractivity contribution in [3.8, 4) is 5.75 Å². The Bertz CT molecular complexity index is 997. The van der Waals surface area contributed by atoms with Gasteiger partial charge in [0.1, 0.15) is 5.75 Å². The number of carbonyl (C=O) groups is 2. The highest BCUT2D eigenvalue weighted by atomic mass is 79.9. The molecule has 2 aliphatic rings. The number of hydrogen-bond acceptors (Lipinski definition) is 5. The Hall–Kier alpha value is -2.29. The van der Waals surface area contributed by atoms with Crippen molar-refractivity contribution >= 4 is 50.7 Å². The molecular formula is C23H26BrClN4O3. The fourth-order valence-corrected chi connectivity index (χ4v) is 4.77. The topological polar surface area (TPSA) is 76.1 Å². The van der Waals surface area contributed by atoms with Gasteiger partial charge in [0.15, 0.2) is 0 Å². The van der Waals surface area contributed by atoms with E-state index in [2.05, 4.69) is 43.2 Å². The number of benzene rings is 2. The second-order valence-corrected chi connectivity index (χ2v) is 9.55. The van der Waals surface area contributed by atoms with Gasteiger partial charge in [0.25, 0.3) is 0 Å². The summed E-state index contributed by atoms with van der Waals surface area (Å²) in [4.78, 5) is 31.7. The number of nitrogens with zero attached hydrogens (tertiary/aromatic N) is 3. The number of piperazine rings is 1. The van der Waals surface area contributed by atoms with Crippen LogP contribution in [-0.2, 0) is 9.59 Å². The Morgan fingerprint density at radius 2 is 1.88 bits per heavy atom. The first-order valence-electron chi connectivity index (χ1n) is 10.7. The zero-order valence-corrected chi connectivity index (χ0v) is 20.0. The lowest BCUT2D eigenvalue weighted by atomic mass is 10.1. The zero-order chi connectivity index (χ0) is 22.7. The first-order chi connectivity index (χ1) is 15.4. The lowest BCUT2D eigenvalue weighted by molar-refractivity contribution is -0.132. The number of anilines is 2. The molecule has 32 heavy (non-hydrogen) atoms. The standard InChI is InChI=1S/C23H26BrClN4O3/c24-17-2-1-3-19(12-17)28-8-10-29(11-9-28)22(31)15-27-7-6-16(14-27)23(32)26-18-4-5-21(30)20(25)13-18/h1-5,12-13,16,30H,6-11,14-15H2,(H,26,32)/t16-/m1/s1. The summed E-state index contributed by atoms with van der Waals surface area (Å²) in [5.74, 6) is -0.175. The van der Waals surface area contributed by atoms with Gasteiger partial charge >= 0.3 is 0 Å². The number of halogens is 2. The van der Waals surface area contributed by atoms with Crippen molar-refractivity contribution < 1.29 is 14.7 Å². The van der Waals surface area contributed by atoms with Gasteiger partial charge in [0.05, 0.1) is 17.5 Å². The molecule has 0 saturated carbocycles. The van der Waals surface area contributed by atoms with Crippen molar-refractivity contribution in [2.75, 3.05) is 56.0 Å². The molecule has 2 aromatic rings. The molecule has 0 bridgehead atoms. The van der Waals surface area contributed by atoms with E-state index in [0.29, 0.717) is 38.3 Å². The van der Waals surface area contributed by atoms with Crippen LogP contribution in [0.25, 0.3) is 0 Å². The van der Waals surface area contributed by atoms with Crippen molar-refractivity contribution in [1.82, 2.24) is 9.80 Å². The van der Waals surface area contributed by atoms with Gasteiger partial charge in [-0.15, -0.1) is 0 Å². The molecule has 170 valence electrons. The van der Waals surface area contributed by atoms with E-state index >= 15 is 0 Å². The SMILES string of the molecule is O=C(Nc1ccc(O)c(Cl)c1)[C@@H]1CCN(CC(=O)N2CCN(c3cccc(Br)c3)CC2)C1. The zero-order valence-electron chi connectivity index (χ0n) is 17.6. The third-order valence-corrected chi connectivity index (χ3v) is 6.82. The quantitative estimate of drug-likeness (QED) is 0.590. The lowest BCUT2D eigenvalue weighted by Gasteiger charge is -2.36. The number of phenolic OH excluding ortho intramolecular Hbond substituents is 1. The predicted molar refractivity (Wildman–Crippen MR) is 129 cm³/mol. The van der Waals surface area contributed by atoms with E-state index in [9.17, 15) is 14.7 Å². The van der Waals surface area contributed by atoms with E-state index in [4.69, 9.17) is 11.6 Å². The first-order valence-corrected chi connectivity index (χ1v) is 11.9. The maximum Gasteiger partial charge on any atom is 0.236 e. The number of rotatable bonds is 5. The molecule has 2 N–H and O–H groups in total. The van der Waals surface area contributed by atoms with E-state index in [1.807, 2.05) is 17.0 Å². The second-order valence-electron chi connectivity index (χ2n) is 8.22. The normalized spacial score (nSPS) is 19.2. The monoisotopic (exact) mass is 520 g/mol. The molecule has 2 heterocycles. The maximum absolute atomic E-state index is 12.8. The number of carbonyl (C=O) groups excluding carboxylic acids is 2. The van der Waals surface area contributed by atoms with E-state index in [-0.39, 0.29) is 28.5 Å². The Morgan fingerprint density at radius 3 is 2.59 bits per heavy atom. The molecule has 0 spiro atoms. The van der Waals surface area contributed by atoms with Gasteiger partial charge < -0.3 is 20.2 Å². The third kappa shape index (κ3) is 5.54. The highest BCUT2D eigenvalue weighted by Crippen LogP contribution is 2.27. The van der Waals surface area contributed by atoms with Crippen LogP contribution in [0, 0.1) is 5.92 Å². The van der Waals surface area contributed by atoms with Gasteiger partial charge in [0.2, 0.25) is 11.8 Å². The Labute approximate surface area is 201 Å². The van der Waals surface area contributed by atoms with Gasteiger partial charge in [-0.25, -0.2) is 0 Å². The first kappa shape index (κ1) is 22.9. The molecule has 0 aliphatic carbocycles. The van der Waals surface area contributed by atoms with Gasteiger partial charge in [-0.1, -0.05) is 33.6 Å².